The van der Waals surface area contributed by atoms with E-state index >= 15 is 0 Å². The standard InChI is InChI=1S/C24H29NO2/c1-5-24(4,16-19-12-8-6-9-13-19)18-25-21-17-26-23(2,3)27-22(21)20-14-10-7-11-15-20/h5-15,18,21-22H,1,16-17H2,2-4H3/t21-,22-,24+/m0/s1. The van der Waals surface area contributed by atoms with Crippen LogP contribution < -0.4 is 0 Å². The average molecular weight is 364 g/mol. The second-order valence-corrected chi connectivity index (χ2v) is 7.88. The second-order valence-electron chi connectivity index (χ2n) is 7.88. The molecule has 27 heavy (non-hydrogen) atoms. The highest BCUT2D eigenvalue weighted by molar-refractivity contribution is 5.69. The van der Waals surface area contributed by atoms with E-state index in [1.54, 1.807) is 0 Å². The molecule has 2 aromatic rings. The molecule has 0 unspecified atom stereocenters. The van der Waals surface area contributed by atoms with Gasteiger partial charge >= 0.3 is 0 Å². The highest BCUT2D eigenvalue weighted by atomic mass is 16.7. The fourth-order valence-electron chi connectivity index (χ4n) is 3.32. The average Bonchev–Trinajstić information content (AvgIpc) is 2.68. The molecule has 3 heteroatoms. The molecular formula is C24H29NO2. The lowest BCUT2D eigenvalue weighted by molar-refractivity contribution is -0.281. The summed E-state index contributed by atoms with van der Waals surface area (Å²) in [5.41, 5.74) is 2.16. The van der Waals surface area contributed by atoms with Crippen molar-refractivity contribution in [2.75, 3.05) is 6.61 Å². The van der Waals surface area contributed by atoms with Gasteiger partial charge in [-0.15, -0.1) is 6.58 Å². The number of benzene rings is 2. The molecule has 0 radical (unpaired) electrons. The van der Waals surface area contributed by atoms with Gasteiger partial charge in [0.2, 0.25) is 0 Å². The van der Waals surface area contributed by atoms with Gasteiger partial charge in [0.1, 0.15) is 12.1 Å². The molecule has 1 aliphatic rings. The Morgan fingerprint density at radius 3 is 2.37 bits per heavy atom. The fourth-order valence-corrected chi connectivity index (χ4v) is 3.32. The van der Waals surface area contributed by atoms with Crippen LogP contribution in [0.2, 0.25) is 0 Å². The second kappa shape index (κ2) is 8.20. The van der Waals surface area contributed by atoms with Crippen molar-refractivity contribution in [3.8, 4) is 0 Å². The number of aliphatic imine (C=N–C) groups is 1. The maximum Gasteiger partial charge on any atom is 0.163 e. The van der Waals surface area contributed by atoms with Crippen LogP contribution in [0.25, 0.3) is 0 Å². The van der Waals surface area contributed by atoms with Crippen LogP contribution in [0.4, 0.5) is 0 Å². The van der Waals surface area contributed by atoms with Crippen LogP contribution in [0.3, 0.4) is 0 Å². The lowest BCUT2D eigenvalue weighted by atomic mass is 9.85. The van der Waals surface area contributed by atoms with E-state index in [9.17, 15) is 0 Å². The maximum atomic E-state index is 6.23. The van der Waals surface area contributed by atoms with E-state index in [0.29, 0.717) is 6.61 Å². The van der Waals surface area contributed by atoms with Gasteiger partial charge in [-0.1, -0.05) is 73.7 Å². The summed E-state index contributed by atoms with van der Waals surface area (Å²) < 4.78 is 12.1. The number of nitrogens with zero attached hydrogens (tertiary/aromatic N) is 1. The summed E-state index contributed by atoms with van der Waals surface area (Å²) in [4.78, 5) is 4.90. The summed E-state index contributed by atoms with van der Waals surface area (Å²) in [7, 11) is 0. The Hall–Kier alpha value is -2.23. The molecule has 0 spiro atoms. The van der Waals surface area contributed by atoms with Gasteiger partial charge in [0.05, 0.1) is 6.61 Å². The normalized spacial score (nSPS) is 24.4. The summed E-state index contributed by atoms with van der Waals surface area (Å²) in [6, 6.07) is 20.6. The van der Waals surface area contributed by atoms with Gasteiger partial charge in [0.15, 0.2) is 5.79 Å². The van der Waals surface area contributed by atoms with E-state index in [4.69, 9.17) is 14.5 Å². The van der Waals surface area contributed by atoms with Gasteiger partial charge in [-0.3, -0.25) is 4.99 Å². The van der Waals surface area contributed by atoms with Crippen molar-refractivity contribution in [2.24, 2.45) is 10.4 Å². The van der Waals surface area contributed by atoms with E-state index in [1.165, 1.54) is 5.56 Å². The molecule has 1 aliphatic heterocycles. The Morgan fingerprint density at radius 1 is 1.11 bits per heavy atom. The summed E-state index contributed by atoms with van der Waals surface area (Å²) in [5.74, 6) is -0.613. The van der Waals surface area contributed by atoms with Crippen molar-refractivity contribution in [3.05, 3.63) is 84.4 Å². The highest BCUT2D eigenvalue weighted by Crippen LogP contribution is 2.35. The molecule has 3 nitrogen and oxygen atoms in total. The number of hydrogen-bond acceptors (Lipinski definition) is 3. The third kappa shape index (κ3) is 5.15. The van der Waals surface area contributed by atoms with Crippen LogP contribution in [0.5, 0.6) is 0 Å². The molecule has 1 fully saturated rings. The van der Waals surface area contributed by atoms with Gasteiger partial charge in [0.25, 0.3) is 0 Å². The van der Waals surface area contributed by atoms with Crippen molar-refractivity contribution in [1.82, 2.24) is 0 Å². The predicted octanol–water partition coefficient (Wildman–Crippen LogP) is 5.39. The zero-order valence-corrected chi connectivity index (χ0v) is 16.5. The van der Waals surface area contributed by atoms with E-state index in [1.807, 2.05) is 50.4 Å². The quantitative estimate of drug-likeness (QED) is 0.509. The van der Waals surface area contributed by atoms with Crippen molar-refractivity contribution >= 4 is 6.21 Å². The summed E-state index contributed by atoms with van der Waals surface area (Å²) in [6.45, 7) is 10.6. The first-order valence-corrected chi connectivity index (χ1v) is 9.49. The molecule has 0 amide bonds. The van der Waals surface area contributed by atoms with E-state index < -0.39 is 5.79 Å². The van der Waals surface area contributed by atoms with Crippen LogP contribution in [0.15, 0.2) is 78.3 Å². The molecule has 142 valence electrons. The summed E-state index contributed by atoms with van der Waals surface area (Å²) >= 11 is 0. The molecule has 0 bridgehead atoms. The Kier molecular flexibility index (Phi) is 5.93. The Morgan fingerprint density at radius 2 is 1.74 bits per heavy atom. The molecule has 0 aliphatic carbocycles. The van der Waals surface area contributed by atoms with Gasteiger partial charge in [-0.05, 0) is 31.4 Å². The van der Waals surface area contributed by atoms with Gasteiger partial charge < -0.3 is 9.47 Å². The molecule has 3 rings (SSSR count). The number of hydrogen-bond donors (Lipinski definition) is 0. The maximum absolute atomic E-state index is 6.23. The Balaban J connectivity index is 1.81. The number of ether oxygens (including phenoxy) is 2. The van der Waals surface area contributed by atoms with Gasteiger partial charge in [0, 0.05) is 11.6 Å². The minimum atomic E-state index is -0.613. The Labute approximate surface area is 162 Å². The predicted molar refractivity (Wildman–Crippen MR) is 111 cm³/mol. The zero-order chi connectivity index (χ0) is 19.3. The third-order valence-corrected chi connectivity index (χ3v) is 4.95. The molecule has 0 saturated carbocycles. The van der Waals surface area contributed by atoms with Crippen LogP contribution in [-0.4, -0.2) is 24.7 Å². The van der Waals surface area contributed by atoms with E-state index in [-0.39, 0.29) is 17.6 Å². The molecule has 1 heterocycles. The van der Waals surface area contributed by atoms with Crippen molar-refractivity contribution in [3.63, 3.8) is 0 Å². The van der Waals surface area contributed by atoms with Gasteiger partial charge in [-0.2, -0.15) is 0 Å². The first-order valence-electron chi connectivity index (χ1n) is 9.49. The number of rotatable bonds is 6. The van der Waals surface area contributed by atoms with E-state index in [0.717, 1.165) is 12.0 Å². The monoisotopic (exact) mass is 363 g/mol. The summed E-state index contributed by atoms with van der Waals surface area (Å²) in [5, 5.41) is 0. The minimum Gasteiger partial charge on any atom is -0.348 e. The molecule has 1 saturated heterocycles. The van der Waals surface area contributed by atoms with Crippen molar-refractivity contribution in [2.45, 2.75) is 45.1 Å². The van der Waals surface area contributed by atoms with Crippen molar-refractivity contribution < 1.29 is 9.47 Å². The molecule has 0 aromatic heterocycles. The van der Waals surface area contributed by atoms with Crippen LogP contribution in [0, 0.1) is 5.41 Å². The number of allylic oxidation sites excluding steroid dienone is 1. The largest absolute Gasteiger partial charge is 0.348 e. The third-order valence-electron chi connectivity index (χ3n) is 4.95. The zero-order valence-electron chi connectivity index (χ0n) is 16.5. The molecule has 0 N–H and O–H groups in total. The first-order chi connectivity index (χ1) is 12.9. The van der Waals surface area contributed by atoms with E-state index in [2.05, 4.69) is 49.9 Å². The molecular weight excluding hydrogens is 334 g/mol. The smallest absolute Gasteiger partial charge is 0.163 e. The van der Waals surface area contributed by atoms with Crippen molar-refractivity contribution in [1.29, 1.82) is 0 Å². The SMILES string of the molecule is C=C[C@@](C)(C=N[C@H]1COC(C)(C)O[C@H]1c1ccccc1)Cc1ccccc1. The first kappa shape index (κ1) is 19.5. The lowest BCUT2D eigenvalue weighted by Crippen LogP contribution is -2.43. The lowest BCUT2D eigenvalue weighted by Gasteiger charge is -2.40. The van der Waals surface area contributed by atoms with Gasteiger partial charge in [-0.25, -0.2) is 0 Å². The van der Waals surface area contributed by atoms with Crippen LogP contribution >= 0.6 is 0 Å². The molecule has 3 atom stereocenters. The summed E-state index contributed by atoms with van der Waals surface area (Å²) in [6.07, 6.45) is 4.71. The highest BCUT2D eigenvalue weighted by Gasteiger charge is 2.37. The van der Waals surface area contributed by atoms with Crippen LogP contribution in [-0.2, 0) is 15.9 Å². The molecule has 2 aromatic carbocycles. The Bertz CT molecular complexity index is 769. The fraction of sp³-hybridized carbons (Fsp3) is 0.375. The van der Waals surface area contributed by atoms with Crippen LogP contribution in [0.1, 0.15) is 38.0 Å². The minimum absolute atomic E-state index is 0.0875. The topological polar surface area (TPSA) is 30.8 Å².